The molecular formula is C14H12ClNS. The molecule has 0 unspecified atom stereocenters. The van der Waals surface area contributed by atoms with Crippen LogP contribution in [0.5, 0.6) is 0 Å². The minimum atomic E-state index is 0.460. The van der Waals surface area contributed by atoms with Crippen LogP contribution in [0.25, 0.3) is 11.1 Å². The summed E-state index contributed by atoms with van der Waals surface area (Å²) in [6, 6.07) is 13.7. The first-order valence-corrected chi connectivity index (χ1v) is 6.15. The van der Waals surface area contributed by atoms with Gasteiger partial charge in [-0.15, -0.1) is 0 Å². The van der Waals surface area contributed by atoms with Gasteiger partial charge in [0.25, 0.3) is 0 Å². The van der Waals surface area contributed by atoms with Gasteiger partial charge in [-0.25, -0.2) is 0 Å². The summed E-state index contributed by atoms with van der Waals surface area (Å²) in [6.07, 6.45) is 0. The van der Waals surface area contributed by atoms with Gasteiger partial charge in [0.15, 0.2) is 0 Å². The Balaban J connectivity index is 2.71. The van der Waals surface area contributed by atoms with Crippen LogP contribution in [0.4, 0.5) is 0 Å². The molecule has 2 rings (SSSR count). The van der Waals surface area contributed by atoms with Gasteiger partial charge in [-0.3, -0.25) is 0 Å². The summed E-state index contributed by atoms with van der Waals surface area (Å²) >= 11 is 11.3. The van der Waals surface area contributed by atoms with Crippen molar-refractivity contribution in [1.29, 1.82) is 0 Å². The molecule has 0 aliphatic rings. The van der Waals surface area contributed by atoms with E-state index >= 15 is 0 Å². The van der Waals surface area contributed by atoms with Crippen molar-refractivity contribution in [3.05, 3.63) is 58.6 Å². The first-order chi connectivity index (χ1) is 8.27. The Kier molecular flexibility index (Phi) is 3.89. The Morgan fingerprint density at radius 3 is 2.59 bits per heavy atom. The van der Waals surface area contributed by atoms with Gasteiger partial charge in [-0.05, 0) is 22.8 Å². The van der Waals surface area contributed by atoms with Crippen molar-refractivity contribution < 1.29 is 0 Å². The number of hydrogen-bond acceptors (Lipinski definition) is 2. The molecule has 0 amide bonds. The fraction of sp³-hybridized carbons (Fsp3) is 0.0714. The monoisotopic (exact) mass is 261 g/mol. The summed E-state index contributed by atoms with van der Waals surface area (Å²) in [4.78, 5) is 0. The predicted octanol–water partition coefficient (Wildman–Crippen LogP) is 3.81. The van der Waals surface area contributed by atoms with E-state index in [0.29, 0.717) is 11.6 Å². The topological polar surface area (TPSA) is 26.0 Å². The molecule has 86 valence electrons. The molecule has 0 atom stereocenters. The fourth-order valence-electron chi connectivity index (χ4n) is 1.87. The molecule has 0 heterocycles. The Bertz CT molecular complexity index is 552. The lowest BCUT2D eigenvalue weighted by atomic mass is 9.96. The summed E-state index contributed by atoms with van der Waals surface area (Å²) in [5.74, 6) is 0. The van der Waals surface area contributed by atoms with Crippen LogP contribution >= 0.6 is 23.8 Å². The zero-order valence-electron chi connectivity index (χ0n) is 9.19. The fourth-order valence-corrected chi connectivity index (χ4v) is 2.37. The molecular weight excluding hydrogens is 250 g/mol. The molecule has 0 radical (unpaired) electrons. The van der Waals surface area contributed by atoms with Gasteiger partial charge in [-0.1, -0.05) is 60.2 Å². The van der Waals surface area contributed by atoms with Crippen molar-refractivity contribution in [3.63, 3.8) is 0 Å². The number of thiocarbonyl (C=S) groups is 1. The molecule has 1 nitrogen and oxygen atoms in total. The van der Waals surface area contributed by atoms with Crippen LogP contribution in [0.15, 0.2) is 42.5 Å². The number of nitrogens with two attached hydrogens (primary N) is 1. The van der Waals surface area contributed by atoms with E-state index in [1.54, 1.807) is 5.37 Å². The Hall–Kier alpha value is -1.22. The van der Waals surface area contributed by atoms with Crippen molar-refractivity contribution in [2.45, 2.75) is 6.54 Å². The summed E-state index contributed by atoms with van der Waals surface area (Å²) in [7, 11) is 0. The van der Waals surface area contributed by atoms with Gasteiger partial charge in [0.2, 0.25) is 0 Å². The maximum Gasteiger partial charge on any atom is 0.0487 e. The first kappa shape index (κ1) is 12.2. The molecule has 0 bridgehead atoms. The SMILES string of the molecule is NCc1cccc(Cl)c1-c1ccccc1C=S. The zero-order chi connectivity index (χ0) is 12.3. The minimum absolute atomic E-state index is 0.460. The van der Waals surface area contributed by atoms with Gasteiger partial charge in [0, 0.05) is 22.5 Å². The quantitative estimate of drug-likeness (QED) is 0.851. The summed E-state index contributed by atoms with van der Waals surface area (Å²) in [6.45, 7) is 0.460. The average molecular weight is 262 g/mol. The van der Waals surface area contributed by atoms with E-state index in [2.05, 4.69) is 0 Å². The highest BCUT2D eigenvalue weighted by atomic mass is 35.5. The molecule has 2 N–H and O–H groups in total. The molecule has 17 heavy (non-hydrogen) atoms. The molecule has 2 aromatic rings. The molecule has 0 fully saturated rings. The van der Waals surface area contributed by atoms with Crippen molar-refractivity contribution >= 4 is 29.2 Å². The Morgan fingerprint density at radius 1 is 1.12 bits per heavy atom. The van der Waals surface area contributed by atoms with Gasteiger partial charge in [0.05, 0.1) is 0 Å². The summed E-state index contributed by atoms with van der Waals surface area (Å²) in [5, 5.41) is 2.37. The molecule has 0 spiro atoms. The molecule has 3 heteroatoms. The van der Waals surface area contributed by atoms with E-state index in [1.165, 1.54) is 0 Å². The standard InChI is InChI=1S/C14H12ClNS/c15-13-7-3-5-10(8-16)14(13)12-6-2-1-4-11(12)9-17/h1-7,9H,8,16H2. The van der Waals surface area contributed by atoms with Gasteiger partial charge >= 0.3 is 0 Å². The first-order valence-electron chi connectivity index (χ1n) is 5.30. The summed E-state index contributed by atoms with van der Waals surface area (Å²) in [5.41, 5.74) is 9.79. The molecule has 0 aliphatic heterocycles. The second kappa shape index (κ2) is 5.41. The second-order valence-electron chi connectivity index (χ2n) is 3.68. The van der Waals surface area contributed by atoms with Crippen LogP contribution in [0.2, 0.25) is 5.02 Å². The highest BCUT2D eigenvalue weighted by Gasteiger charge is 2.10. The van der Waals surface area contributed by atoms with Gasteiger partial charge in [0.1, 0.15) is 0 Å². The third-order valence-electron chi connectivity index (χ3n) is 2.68. The Morgan fingerprint density at radius 2 is 1.88 bits per heavy atom. The number of rotatable bonds is 3. The molecule has 0 aromatic heterocycles. The van der Waals surface area contributed by atoms with E-state index in [4.69, 9.17) is 29.6 Å². The predicted molar refractivity (Wildman–Crippen MR) is 77.5 cm³/mol. The number of benzene rings is 2. The molecule has 2 aromatic carbocycles. The van der Waals surface area contributed by atoms with Crippen molar-refractivity contribution in [2.24, 2.45) is 5.73 Å². The normalized spacial score (nSPS) is 10.2. The van der Waals surface area contributed by atoms with Crippen LogP contribution in [-0.4, -0.2) is 5.37 Å². The van der Waals surface area contributed by atoms with E-state index in [-0.39, 0.29) is 0 Å². The second-order valence-corrected chi connectivity index (χ2v) is 4.33. The van der Waals surface area contributed by atoms with Crippen molar-refractivity contribution in [3.8, 4) is 11.1 Å². The molecule has 0 saturated heterocycles. The largest absolute Gasteiger partial charge is 0.326 e. The lowest BCUT2D eigenvalue weighted by molar-refractivity contribution is 1.07. The maximum atomic E-state index is 6.27. The maximum absolute atomic E-state index is 6.27. The van der Waals surface area contributed by atoms with E-state index in [0.717, 1.165) is 22.3 Å². The van der Waals surface area contributed by atoms with Crippen LogP contribution in [0.1, 0.15) is 11.1 Å². The lowest BCUT2D eigenvalue weighted by Crippen LogP contribution is -2.00. The minimum Gasteiger partial charge on any atom is -0.326 e. The Labute approximate surface area is 111 Å². The molecule has 0 saturated carbocycles. The average Bonchev–Trinajstić information content (AvgIpc) is 2.38. The van der Waals surface area contributed by atoms with Crippen molar-refractivity contribution in [1.82, 2.24) is 0 Å². The highest BCUT2D eigenvalue weighted by molar-refractivity contribution is 7.79. The van der Waals surface area contributed by atoms with Crippen LogP contribution in [-0.2, 0) is 6.54 Å². The van der Waals surface area contributed by atoms with Crippen molar-refractivity contribution in [2.75, 3.05) is 0 Å². The highest BCUT2D eigenvalue weighted by Crippen LogP contribution is 2.33. The van der Waals surface area contributed by atoms with Gasteiger partial charge < -0.3 is 5.73 Å². The summed E-state index contributed by atoms with van der Waals surface area (Å²) < 4.78 is 0. The van der Waals surface area contributed by atoms with E-state index in [9.17, 15) is 0 Å². The zero-order valence-corrected chi connectivity index (χ0v) is 10.8. The van der Waals surface area contributed by atoms with Crippen LogP contribution in [0, 0.1) is 0 Å². The van der Waals surface area contributed by atoms with Gasteiger partial charge in [-0.2, -0.15) is 0 Å². The smallest absolute Gasteiger partial charge is 0.0487 e. The number of halogens is 1. The van der Waals surface area contributed by atoms with Crippen LogP contribution in [0.3, 0.4) is 0 Å². The molecule has 0 aliphatic carbocycles. The third kappa shape index (κ3) is 2.39. The third-order valence-corrected chi connectivity index (χ3v) is 3.25. The number of hydrogen-bond donors (Lipinski definition) is 1. The van der Waals surface area contributed by atoms with E-state index < -0.39 is 0 Å². The lowest BCUT2D eigenvalue weighted by Gasteiger charge is -2.12. The van der Waals surface area contributed by atoms with E-state index in [1.807, 2.05) is 42.5 Å². The van der Waals surface area contributed by atoms with Crippen LogP contribution < -0.4 is 5.73 Å².